The fourth-order valence-electron chi connectivity index (χ4n) is 2.89. The number of carbonyl (C=O) groups is 1. The summed E-state index contributed by atoms with van der Waals surface area (Å²) in [5, 5.41) is 3.37. The highest BCUT2D eigenvalue weighted by Gasteiger charge is 2.27. The number of nitrogens with one attached hydrogen (secondary N) is 1. The average molecular weight is 275 g/mol. The van der Waals surface area contributed by atoms with Crippen molar-refractivity contribution in [2.45, 2.75) is 13.8 Å². The number of piperazine rings is 1. The van der Waals surface area contributed by atoms with Gasteiger partial charge in [-0.3, -0.25) is 4.79 Å². The minimum atomic E-state index is 0.00649. The minimum Gasteiger partial charge on any atom is -0.481 e. The third kappa shape index (κ3) is 2.02. The lowest BCUT2D eigenvalue weighted by Gasteiger charge is -2.34. The van der Waals surface area contributed by atoms with Crippen LogP contribution >= 0.6 is 0 Å². The van der Waals surface area contributed by atoms with Gasteiger partial charge in [-0.25, -0.2) is 0 Å². The van der Waals surface area contributed by atoms with Crippen LogP contribution in [0.25, 0.3) is 0 Å². The molecule has 5 nitrogen and oxygen atoms in total. The predicted molar refractivity (Wildman–Crippen MR) is 79.9 cm³/mol. The van der Waals surface area contributed by atoms with E-state index in [1.165, 1.54) is 11.3 Å². The van der Waals surface area contributed by atoms with Gasteiger partial charge in [0.15, 0.2) is 6.61 Å². The first-order valence-corrected chi connectivity index (χ1v) is 7.09. The number of hydrogen-bond acceptors (Lipinski definition) is 4. The smallest absolute Gasteiger partial charge is 0.264 e. The summed E-state index contributed by atoms with van der Waals surface area (Å²) in [7, 11) is 1.82. The molecule has 20 heavy (non-hydrogen) atoms. The number of amides is 1. The number of fused-ring (bicyclic) bond motifs is 1. The lowest BCUT2D eigenvalue weighted by Crippen LogP contribution is -2.44. The van der Waals surface area contributed by atoms with Crippen LogP contribution in [0.2, 0.25) is 0 Å². The second-order valence-electron chi connectivity index (χ2n) is 5.47. The Morgan fingerprint density at radius 3 is 2.55 bits per heavy atom. The summed E-state index contributed by atoms with van der Waals surface area (Å²) in [6, 6.07) is 2.10. The molecule has 0 radical (unpaired) electrons. The number of rotatable bonds is 1. The Kier molecular flexibility index (Phi) is 3.30. The average Bonchev–Trinajstić information content (AvgIpc) is 2.47. The molecular formula is C15H21N3O2. The highest BCUT2D eigenvalue weighted by Crippen LogP contribution is 2.41. The first-order chi connectivity index (χ1) is 9.59. The van der Waals surface area contributed by atoms with Crippen LogP contribution in [0.4, 0.5) is 11.4 Å². The van der Waals surface area contributed by atoms with E-state index in [0.717, 1.165) is 43.2 Å². The van der Waals surface area contributed by atoms with Crippen molar-refractivity contribution >= 4 is 17.3 Å². The summed E-state index contributed by atoms with van der Waals surface area (Å²) >= 11 is 0. The van der Waals surface area contributed by atoms with Crippen molar-refractivity contribution in [1.29, 1.82) is 0 Å². The van der Waals surface area contributed by atoms with E-state index in [4.69, 9.17) is 4.74 Å². The van der Waals surface area contributed by atoms with Crippen LogP contribution < -0.4 is 19.9 Å². The van der Waals surface area contributed by atoms with E-state index in [9.17, 15) is 4.79 Å². The van der Waals surface area contributed by atoms with Crippen LogP contribution in [0.5, 0.6) is 5.75 Å². The number of anilines is 2. The normalized spacial score (nSPS) is 18.9. The van der Waals surface area contributed by atoms with Gasteiger partial charge in [-0.1, -0.05) is 0 Å². The Morgan fingerprint density at radius 1 is 1.15 bits per heavy atom. The van der Waals surface area contributed by atoms with Gasteiger partial charge in [0, 0.05) is 38.9 Å². The van der Waals surface area contributed by atoms with Gasteiger partial charge < -0.3 is 19.9 Å². The lowest BCUT2D eigenvalue weighted by atomic mass is 10.0. The van der Waals surface area contributed by atoms with Crippen LogP contribution in [0, 0.1) is 13.8 Å². The number of ether oxygens (including phenoxy) is 1. The maximum absolute atomic E-state index is 11.8. The summed E-state index contributed by atoms with van der Waals surface area (Å²) in [5.41, 5.74) is 4.48. The van der Waals surface area contributed by atoms with E-state index in [1.807, 2.05) is 7.05 Å². The Balaban J connectivity index is 2.07. The lowest BCUT2D eigenvalue weighted by molar-refractivity contribution is -0.121. The van der Waals surface area contributed by atoms with Gasteiger partial charge in [0.05, 0.1) is 5.69 Å². The summed E-state index contributed by atoms with van der Waals surface area (Å²) in [6.45, 7) is 8.34. The van der Waals surface area contributed by atoms with E-state index in [1.54, 1.807) is 4.90 Å². The molecule has 1 N–H and O–H groups in total. The second kappa shape index (κ2) is 4.98. The maximum Gasteiger partial charge on any atom is 0.264 e. The van der Waals surface area contributed by atoms with E-state index in [2.05, 4.69) is 30.1 Å². The Hall–Kier alpha value is -1.75. The molecule has 0 aromatic heterocycles. The highest BCUT2D eigenvalue weighted by molar-refractivity contribution is 5.98. The van der Waals surface area contributed by atoms with Gasteiger partial charge in [0.25, 0.3) is 5.91 Å². The molecule has 1 aromatic rings. The molecule has 1 amide bonds. The molecule has 0 unspecified atom stereocenters. The molecule has 5 heteroatoms. The van der Waals surface area contributed by atoms with E-state index in [0.29, 0.717) is 0 Å². The van der Waals surface area contributed by atoms with E-state index >= 15 is 0 Å². The topological polar surface area (TPSA) is 44.8 Å². The highest BCUT2D eigenvalue weighted by atomic mass is 16.5. The van der Waals surface area contributed by atoms with Crippen LogP contribution in [-0.2, 0) is 4.79 Å². The van der Waals surface area contributed by atoms with E-state index < -0.39 is 0 Å². The molecule has 1 aromatic carbocycles. The Morgan fingerprint density at radius 2 is 1.85 bits per heavy atom. The molecule has 1 saturated heterocycles. The van der Waals surface area contributed by atoms with Gasteiger partial charge in [0.2, 0.25) is 0 Å². The number of carbonyl (C=O) groups excluding carboxylic acids is 1. The van der Waals surface area contributed by atoms with Gasteiger partial charge in [-0.2, -0.15) is 0 Å². The molecule has 108 valence electrons. The number of nitrogens with zero attached hydrogens (tertiary/aromatic N) is 2. The Labute approximate surface area is 119 Å². The van der Waals surface area contributed by atoms with Crippen LogP contribution in [0.3, 0.4) is 0 Å². The maximum atomic E-state index is 11.8. The molecule has 2 heterocycles. The first kappa shape index (κ1) is 13.2. The second-order valence-corrected chi connectivity index (χ2v) is 5.47. The van der Waals surface area contributed by atoms with Crippen molar-refractivity contribution in [3.8, 4) is 5.75 Å². The summed E-state index contributed by atoms with van der Waals surface area (Å²) in [5.74, 6) is 0.857. The van der Waals surface area contributed by atoms with Crippen molar-refractivity contribution < 1.29 is 9.53 Å². The van der Waals surface area contributed by atoms with Crippen molar-refractivity contribution in [3.05, 3.63) is 17.2 Å². The molecule has 1 fully saturated rings. The quantitative estimate of drug-likeness (QED) is 0.832. The van der Waals surface area contributed by atoms with Crippen molar-refractivity contribution in [3.63, 3.8) is 0 Å². The van der Waals surface area contributed by atoms with E-state index in [-0.39, 0.29) is 12.5 Å². The molecule has 3 rings (SSSR count). The molecule has 2 aliphatic rings. The molecule has 0 atom stereocenters. The molecular weight excluding hydrogens is 254 g/mol. The monoisotopic (exact) mass is 275 g/mol. The van der Waals surface area contributed by atoms with Crippen molar-refractivity contribution in [2.75, 3.05) is 49.6 Å². The summed E-state index contributed by atoms with van der Waals surface area (Å²) in [4.78, 5) is 15.9. The molecule has 0 aliphatic carbocycles. The van der Waals surface area contributed by atoms with Gasteiger partial charge in [0.1, 0.15) is 5.75 Å². The van der Waals surface area contributed by atoms with Crippen LogP contribution in [0.1, 0.15) is 11.1 Å². The van der Waals surface area contributed by atoms with Crippen molar-refractivity contribution in [2.24, 2.45) is 0 Å². The molecule has 0 saturated carbocycles. The Bertz CT molecular complexity index is 551. The number of benzene rings is 1. The standard InChI is InChI=1S/C15H21N3O2/c1-10-11(2)15-13(17(3)14(19)9-20-15)8-12(10)18-6-4-16-5-7-18/h8,16H,4-7,9H2,1-3H3. The minimum absolute atomic E-state index is 0.00649. The zero-order valence-electron chi connectivity index (χ0n) is 12.3. The summed E-state index contributed by atoms with van der Waals surface area (Å²) < 4.78 is 5.64. The van der Waals surface area contributed by atoms with Crippen molar-refractivity contribution in [1.82, 2.24) is 5.32 Å². The predicted octanol–water partition coefficient (Wildman–Crippen LogP) is 1.07. The first-order valence-electron chi connectivity index (χ1n) is 7.09. The number of hydrogen-bond donors (Lipinski definition) is 1. The molecule has 0 bridgehead atoms. The zero-order valence-corrected chi connectivity index (χ0v) is 12.3. The fraction of sp³-hybridized carbons (Fsp3) is 0.533. The molecule has 0 spiro atoms. The molecule has 2 aliphatic heterocycles. The third-order valence-corrected chi connectivity index (χ3v) is 4.33. The van der Waals surface area contributed by atoms with Gasteiger partial charge >= 0.3 is 0 Å². The SMILES string of the molecule is Cc1c(N2CCNCC2)cc2c(c1C)OCC(=O)N2C. The largest absolute Gasteiger partial charge is 0.481 e. The van der Waals surface area contributed by atoms with Crippen LogP contribution in [-0.4, -0.2) is 45.7 Å². The van der Waals surface area contributed by atoms with Gasteiger partial charge in [-0.05, 0) is 31.0 Å². The number of likely N-dealkylation sites (N-methyl/N-ethyl adjacent to an activating group) is 1. The zero-order chi connectivity index (χ0) is 14.3. The van der Waals surface area contributed by atoms with Gasteiger partial charge in [-0.15, -0.1) is 0 Å². The fourth-order valence-corrected chi connectivity index (χ4v) is 2.89. The van der Waals surface area contributed by atoms with Crippen LogP contribution in [0.15, 0.2) is 6.07 Å². The third-order valence-electron chi connectivity index (χ3n) is 4.33. The summed E-state index contributed by atoms with van der Waals surface area (Å²) in [6.07, 6.45) is 0.